The average molecular weight is 674 g/mol. The van der Waals surface area contributed by atoms with E-state index >= 15 is 0 Å². The molecule has 0 aliphatic carbocycles. The quantitative estimate of drug-likeness (QED) is 0.120. The van der Waals surface area contributed by atoms with Gasteiger partial charge in [0.2, 0.25) is 5.91 Å². The lowest BCUT2D eigenvalue weighted by atomic mass is 9.78. The van der Waals surface area contributed by atoms with Gasteiger partial charge in [-0.05, 0) is 44.4 Å². The second-order valence-electron chi connectivity index (χ2n) is 12.5. The monoisotopic (exact) mass is 673 g/mol. The van der Waals surface area contributed by atoms with E-state index in [9.17, 15) is 28.7 Å². The van der Waals surface area contributed by atoms with Crippen LogP contribution < -0.4 is 10.1 Å². The number of imidazole rings is 1. The molecule has 15 heteroatoms. The Morgan fingerprint density at radius 1 is 1.21 bits per heavy atom. The highest BCUT2D eigenvalue weighted by molar-refractivity contribution is 8.13. The highest BCUT2D eigenvalue weighted by Gasteiger charge is 2.49. The van der Waals surface area contributed by atoms with Crippen LogP contribution in [0.3, 0.4) is 0 Å². The Kier molecular flexibility index (Phi) is 11.0. The number of anilines is 1. The second kappa shape index (κ2) is 14.4. The molecule has 1 amide bonds. The van der Waals surface area contributed by atoms with Crippen molar-refractivity contribution in [3.05, 3.63) is 41.2 Å². The molecule has 0 radical (unpaired) electrons. The predicted molar refractivity (Wildman–Crippen MR) is 171 cm³/mol. The SMILES string of the molecule is CC(=O)Oc1cc(C)cc(C)c1C(C)(C)CC(=O)O[C@H]1C[C@H](n2cnc3c(NC(=O)CCCSC(C)=O)nc(F)nc32)O[C@]1(C)CO. The zero-order chi connectivity index (χ0) is 34.7. The van der Waals surface area contributed by atoms with Gasteiger partial charge in [0.05, 0.1) is 19.4 Å². The Hall–Kier alpha value is -3.95. The van der Waals surface area contributed by atoms with Crippen molar-refractivity contribution in [1.82, 2.24) is 19.5 Å². The number of halogens is 1. The number of nitrogens with one attached hydrogen (secondary N) is 1. The van der Waals surface area contributed by atoms with E-state index in [1.165, 1.54) is 24.7 Å². The van der Waals surface area contributed by atoms with E-state index in [0.717, 1.165) is 22.9 Å². The van der Waals surface area contributed by atoms with Crippen molar-refractivity contribution < 1.29 is 42.9 Å². The minimum absolute atomic E-state index is 0.0335. The fourth-order valence-corrected chi connectivity index (χ4v) is 6.44. The molecule has 13 nitrogen and oxygen atoms in total. The molecular formula is C32H40FN5O8S. The van der Waals surface area contributed by atoms with Gasteiger partial charge in [0.1, 0.15) is 23.7 Å². The molecule has 1 aliphatic rings. The molecule has 2 N–H and O–H groups in total. The van der Waals surface area contributed by atoms with Gasteiger partial charge in [-0.3, -0.25) is 23.7 Å². The van der Waals surface area contributed by atoms with Gasteiger partial charge in [0.25, 0.3) is 0 Å². The van der Waals surface area contributed by atoms with E-state index in [2.05, 4.69) is 20.3 Å². The molecule has 0 bridgehead atoms. The molecule has 0 spiro atoms. The number of aryl methyl sites for hydroxylation is 2. The van der Waals surface area contributed by atoms with Gasteiger partial charge in [-0.2, -0.15) is 14.4 Å². The smallest absolute Gasteiger partial charge is 0.312 e. The molecule has 47 heavy (non-hydrogen) atoms. The minimum Gasteiger partial charge on any atom is -0.459 e. The van der Waals surface area contributed by atoms with Crippen LogP contribution in [0.25, 0.3) is 11.2 Å². The van der Waals surface area contributed by atoms with Gasteiger partial charge < -0.3 is 24.6 Å². The van der Waals surface area contributed by atoms with Crippen molar-refractivity contribution >= 4 is 51.7 Å². The summed E-state index contributed by atoms with van der Waals surface area (Å²) in [6.45, 7) is 11.4. The van der Waals surface area contributed by atoms with Gasteiger partial charge >= 0.3 is 18.0 Å². The number of amides is 1. The van der Waals surface area contributed by atoms with E-state index in [4.69, 9.17) is 14.2 Å². The van der Waals surface area contributed by atoms with E-state index in [1.54, 1.807) is 13.0 Å². The van der Waals surface area contributed by atoms with Crippen molar-refractivity contribution in [2.24, 2.45) is 0 Å². The summed E-state index contributed by atoms with van der Waals surface area (Å²) < 4.78 is 33.6. The maximum Gasteiger partial charge on any atom is 0.312 e. The normalized spacial score (nSPS) is 19.5. The van der Waals surface area contributed by atoms with Gasteiger partial charge in [0, 0.05) is 43.4 Å². The van der Waals surface area contributed by atoms with E-state index in [0.29, 0.717) is 23.5 Å². The predicted octanol–water partition coefficient (Wildman–Crippen LogP) is 4.46. The highest BCUT2D eigenvalue weighted by atomic mass is 32.2. The van der Waals surface area contributed by atoms with Crippen molar-refractivity contribution in [3.8, 4) is 5.75 Å². The minimum atomic E-state index is -1.32. The first-order valence-electron chi connectivity index (χ1n) is 15.1. The first-order valence-corrected chi connectivity index (χ1v) is 16.1. The average Bonchev–Trinajstić information content (AvgIpc) is 3.50. The number of ether oxygens (including phenoxy) is 3. The van der Waals surface area contributed by atoms with Crippen molar-refractivity contribution in [2.75, 3.05) is 17.7 Å². The van der Waals surface area contributed by atoms with Crippen LogP contribution in [-0.4, -0.2) is 71.7 Å². The first kappa shape index (κ1) is 35.9. The standard InChI is InChI=1S/C32H40FN5O8S/c1-17-11-18(2)26(21(12-17)44-19(3)40)31(5,6)14-25(43)45-22-13-24(46-32(22,7)15-39)38-16-34-27-28(36-30(33)37-29(27)38)35-23(42)9-8-10-47-20(4)41/h11-12,16,22,24,39H,8-10,13-15H2,1-7H3,(H,35,36,37,42)/t22-,24+,32+/m0/s1. The van der Waals surface area contributed by atoms with E-state index in [-0.39, 0.29) is 41.4 Å². The van der Waals surface area contributed by atoms with Crippen LogP contribution >= 0.6 is 11.8 Å². The van der Waals surface area contributed by atoms with Crippen molar-refractivity contribution in [1.29, 1.82) is 0 Å². The summed E-state index contributed by atoms with van der Waals surface area (Å²) in [7, 11) is 0. The number of aliphatic hydroxyl groups is 1. The second-order valence-corrected chi connectivity index (χ2v) is 13.8. The van der Waals surface area contributed by atoms with Crippen LogP contribution in [0.15, 0.2) is 18.5 Å². The van der Waals surface area contributed by atoms with Crippen LogP contribution in [0, 0.1) is 19.9 Å². The molecule has 1 saturated heterocycles. The van der Waals surface area contributed by atoms with Crippen LogP contribution in [0.2, 0.25) is 0 Å². The molecule has 1 aliphatic heterocycles. The van der Waals surface area contributed by atoms with Gasteiger partial charge in [-0.25, -0.2) is 4.98 Å². The fraction of sp³-hybridized carbons (Fsp3) is 0.531. The summed E-state index contributed by atoms with van der Waals surface area (Å²) >= 11 is 1.11. The number of hydrogen-bond donors (Lipinski definition) is 2. The lowest BCUT2D eigenvalue weighted by Gasteiger charge is -2.31. The zero-order valence-corrected chi connectivity index (χ0v) is 28.3. The summed E-state index contributed by atoms with van der Waals surface area (Å²) in [6.07, 6.45) is -0.976. The number of nitrogens with zero attached hydrogens (tertiary/aromatic N) is 4. The number of thioether (sulfide) groups is 1. The number of rotatable bonds is 12. The number of hydrogen-bond acceptors (Lipinski definition) is 12. The Labute approximate surface area is 276 Å². The topological polar surface area (TPSA) is 172 Å². The molecule has 0 saturated carbocycles. The Bertz CT molecular complexity index is 1700. The summed E-state index contributed by atoms with van der Waals surface area (Å²) in [5.74, 6) is -0.742. The molecule has 2 aromatic heterocycles. The molecule has 1 fully saturated rings. The van der Waals surface area contributed by atoms with Gasteiger partial charge in [-0.1, -0.05) is 31.7 Å². The molecule has 3 heterocycles. The fourth-order valence-electron chi connectivity index (χ4n) is 5.86. The molecule has 3 atom stereocenters. The van der Waals surface area contributed by atoms with Crippen molar-refractivity contribution in [3.63, 3.8) is 0 Å². The largest absolute Gasteiger partial charge is 0.459 e. The number of carbonyl (C=O) groups excluding carboxylic acids is 4. The number of esters is 2. The highest BCUT2D eigenvalue weighted by Crippen LogP contribution is 2.42. The van der Waals surface area contributed by atoms with Crippen LogP contribution in [0.5, 0.6) is 5.75 Å². The lowest BCUT2D eigenvalue weighted by molar-refractivity contribution is -0.165. The zero-order valence-electron chi connectivity index (χ0n) is 27.5. The number of fused-ring (bicyclic) bond motifs is 1. The third-order valence-corrected chi connectivity index (χ3v) is 8.77. The van der Waals surface area contributed by atoms with Gasteiger partial charge in [-0.15, -0.1) is 0 Å². The molecule has 4 rings (SSSR count). The van der Waals surface area contributed by atoms with Crippen molar-refractivity contribution in [2.45, 2.75) is 97.5 Å². The Morgan fingerprint density at radius 2 is 1.94 bits per heavy atom. The Balaban J connectivity index is 1.51. The third-order valence-electron chi connectivity index (χ3n) is 7.87. The van der Waals surface area contributed by atoms with Crippen LogP contribution in [0.4, 0.5) is 10.2 Å². The summed E-state index contributed by atoms with van der Waals surface area (Å²) in [5.41, 5.74) is 0.497. The third kappa shape index (κ3) is 8.51. The first-order chi connectivity index (χ1) is 22.0. The van der Waals surface area contributed by atoms with E-state index in [1.807, 2.05) is 33.8 Å². The molecule has 0 unspecified atom stereocenters. The summed E-state index contributed by atoms with van der Waals surface area (Å²) in [5, 5.41) is 12.8. The molecule has 3 aromatic rings. The number of aromatic nitrogens is 4. The Morgan fingerprint density at radius 3 is 2.60 bits per heavy atom. The van der Waals surface area contributed by atoms with Crippen LogP contribution in [0.1, 0.15) is 83.2 Å². The molecular weight excluding hydrogens is 633 g/mol. The van der Waals surface area contributed by atoms with Crippen LogP contribution in [-0.2, 0) is 34.1 Å². The lowest BCUT2D eigenvalue weighted by Crippen LogP contribution is -2.43. The molecule has 1 aromatic carbocycles. The number of benzene rings is 1. The molecule has 254 valence electrons. The maximum atomic E-state index is 14.6. The summed E-state index contributed by atoms with van der Waals surface area (Å²) in [4.78, 5) is 60.7. The van der Waals surface area contributed by atoms with E-state index < -0.39 is 53.9 Å². The maximum absolute atomic E-state index is 14.6. The van der Waals surface area contributed by atoms with Gasteiger partial charge in [0.15, 0.2) is 22.1 Å². The number of carbonyl (C=O) groups is 4. The summed E-state index contributed by atoms with van der Waals surface area (Å²) in [6, 6.07) is 3.70. The number of aliphatic hydroxyl groups excluding tert-OH is 1.